The quantitative estimate of drug-likeness (QED) is 0.210. The van der Waals surface area contributed by atoms with E-state index < -0.39 is 12.1 Å². The third-order valence-electron chi connectivity index (χ3n) is 5.83. The van der Waals surface area contributed by atoms with Crippen LogP contribution in [-0.2, 0) is 11.4 Å². The standard InChI is InChI=1S/C23H28N8O4/c1-13-11-31(23(33)34)14(2)10-30(13)12-16-6-7-25-20(8-16)28-22-26-18-5-4-17(9-19(18)27-22)21(32)35-29-15(3)24/h4-9,13-14H,10-12H2,1-3H3,(H2,24,29)(H,33,34)(H2,25,26,27,28)/t13-,14+/m0/s1. The van der Waals surface area contributed by atoms with Crippen LogP contribution in [0.25, 0.3) is 11.0 Å². The molecule has 1 aromatic carbocycles. The van der Waals surface area contributed by atoms with Crippen LogP contribution < -0.4 is 10.8 Å². The van der Waals surface area contributed by atoms with Crippen molar-refractivity contribution in [1.82, 2.24) is 30.2 Å². The molecule has 0 aliphatic carbocycles. The van der Waals surface area contributed by atoms with Crippen LogP contribution in [0.3, 0.4) is 0 Å². The molecule has 1 saturated heterocycles. The van der Waals surface area contributed by atoms with E-state index in [1.807, 2.05) is 26.0 Å². The molecule has 1 amide bonds. The fourth-order valence-corrected chi connectivity index (χ4v) is 4.06. The molecule has 3 aromatic rings. The lowest BCUT2D eigenvalue weighted by molar-refractivity contribution is 0.0382. The van der Waals surface area contributed by atoms with Crippen molar-refractivity contribution in [2.45, 2.75) is 39.4 Å². The Hall–Kier alpha value is -4.19. The molecule has 12 nitrogen and oxygen atoms in total. The van der Waals surface area contributed by atoms with E-state index in [2.05, 4.69) is 30.6 Å². The summed E-state index contributed by atoms with van der Waals surface area (Å²) in [6, 6.07) is 8.82. The molecular weight excluding hydrogens is 452 g/mol. The zero-order valence-corrected chi connectivity index (χ0v) is 19.7. The second kappa shape index (κ2) is 9.97. The van der Waals surface area contributed by atoms with E-state index in [0.717, 1.165) is 5.56 Å². The smallest absolute Gasteiger partial charge is 0.407 e. The van der Waals surface area contributed by atoms with Gasteiger partial charge in [0.1, 0.15) is 11.7 Å². The second-order valence-electron chi connectivity index (χ2n) is 8.67. The third-order valence-corrected chi connectivity index (χ3v) is 5.83. The number of amides is 1. The Balaban J connectivity index is 1.43. The first-order chi connectivity index (χ1) is 16.7. The zero-order chi connectivity index (χ0) is 25.1. The highest BCUT2D eigenvalue weighted by molar-refractivity contribution is 5.94. The Morgan fingerprint density at radius 3 is 2.77 bits per heavy atom. The molecule has 0 radical (unpaired) electrons. The number of rotatable bonds is 5. The van der Waals surface area contributed by atoms with E-state index in [1.54, 1.807) is 24.4 Å². The number of pyridine rings is 1. The van der Waals surface area contributed by atoms with Gasteiger partial charge >= 0.3 is 12.1 Å². The normalized spacial score (nSPS) is 18.3. The molecule has 35 heavy (non-hydrogen) atoms. The number of benzene rings is 1. The zero-order valence-electron chi connectivity index (χ0n) is 19.7. The van der Waals surface area contributed by atoms with Crippen molar-refractivity contribution < 1.29 is 19.5 Å². The summed E-state index contributed by atoms with van der Waals surface area (Å²) in [7, 11) is 0. The molecule has 1 aliphatic heterocycles. The van der Waals surface area contributed by atoms with Crippen LogP contribution in [0, 0.1) is 5.41 Å². The molecule has 1 fully saturated rings. The van der Waals surface area contributed by atoms with Gasteiger partial charge in [0.15, 0.2) is 0 Å². The Morgan fingerprint density at radius 2 is 2.03 bits per heavy atom. The predicted octanol–water partition coefficient (Wildman–Crippen LogP) is 2.93. The maximum atomic E-state index is 12.1. The van der Waals surface area contributed by atoms with Crippen LogP contribution in [0.4, 0.5) is 16.6 Å². The topological polar surface area (TPSA) is 160 Å². The first-order valence-electron chi connectivity index (χ1n) is 11.2. The highest BCUT2D eigenvalue weighted by Crippen LogP contribution is 2.22. The van der Waals surface area contributed by atoms with Gasteiger partial charge in [0, 0.05) is 37.9 Å². The van der Waals surface area contributed by atoms with Crippen LogP contribution in [0.5, 0.6) is 0 Å². The average molecular weight is 481 g/mol. The summed E-state index contributed by atoms with van der Waals surface area (Å²) in [6.45, 7) is 7.21. The number of imidazole rings is 1. The van der Waals surface area contributed by atoms with Crippen LogP contribution in [0.2, 0.25) is 0 Å². The van der Waals surface area contributed by atoms with E-state index >= 15 is 0 Å². The van der Waals surface area contributed by atoms with Crippen molar-refractivity contribution >= 4 is 40.7 Å². The number of H-pyrrole nitrogens is 1. The van der Waals surface area contributed by atoms with Crippen molar-refractivity contribution in [2.24, 2.45) is 0 Å². The second-order valence-corrected chi connectivity index (χ2v) is 8.67. The van der Waals surface area contributed by atoms with Gasteiger partial charge < -0.3 is 25.1 Å². The number of hydroxylamine groups is 1. The van der Waals surface area contributed by atoms with Crippen molar-refractivity contribution in [3.05, 3.63) is 47.7 Å². The lowest BCUT2D eigenvalue weighted by Gasteiger charge is -2.42. The van der Waals surface area contributed by atoms with E-state index in [0.29, 0.717) is 48.0 Å². The maximum absolute atomic E-state index is 12.1. The number of carboxylic acid groups (broad SMARTS) is 1. The van der Waals surface area contributed by atoms with Crippen molar-refractivity contribution in [1.29, 1.82) is 5.41 Å². The lowest BCUT2D eigenvalue weighted by Crippen LogP contribution is -2.57. The fraction of sp³-hybridized carbons (Fsp3) is 0.348. The molecule has 184 valence electrons. The van der Waals surface area contributed by atoms with Crippen LogP contribution in [0.15, 0.2) is 36.5 Å². The van der Waals surface area contributed by atoms with E-state index in [-0.39, 0.29) is 17.9 Å². The number of carbonyl (C=O) groups is 2. The molecule has 3 heterocycles. The average Bonchev–Trinajstić information content (AvgIpc) is 3.21. The summed E-state index contributed by atoms with van der Waals surface area (Å²) < 4.78 is 0. The minimum atomic E-state index is -0.882. The number of nitrogens with one attached hydrogen (secondary N) is 4. The van der Waals surface area contributed by atoms with Gasteiger partial charge in [-0.05, 0) is 56.7 Å². The fourth-order valence-electron chi connectivity index (χ4n) is 4.06. The lowest BCUT2D eigenvalue weighted by atomic mass is 10.1. The van der Waals surface area contributed by atoms with Gasteiger partial charge in [-0.2, -0.15) is 0 Å². The van der Waals surface area contributed by atoms with Gasteiger partial charge in [0.2, 0.25) is 5.95 Å². The van der Waals surface area contributed by atoms with Crippen LogP contribution in [0.1, 0.15) is 36.7 Å². The minimum absolute atomic E-state index is 0.0219. The minimum Gasteiger partial charge on any atom is -0.465 e. The molecule has 5 N–H and O–H groups in total. The van der Waals surface area contributed by atoms with Crippen molar-refractivity contribution in [3.63, 3.8) is 0 Å². The summed E-state index contributed by atoms with van der Waals surface area (Å²) in [5.74, 6) is 0.496. The molecule has 12 heteroatoms. The summed E-state index contributed by atoms with van der Waals surface area (Å²) in [6.07, 6.45) is 0.835. The summed E-state index contributed by atoms with van der Waals surface area (Å²) in [5.41, 5.74) is 4.89. The van der Waals surface area contributed by atoms with Crippen molar-refractivity contribution in [3.8, 4) is 0 Å². The number of hydrogen-bond donors (Lipinski definition) is 5. The predicted molar refractivity (Wildman–Crippen MR) is 130 cm³/mol. The molecule has 0 bridgehead atoms. The molecule has 1 aliphatic rings. The number of hydrogen-bond acceptors (Lipinski definition) is 8. The highest BCUT2D eigenvalue weighted by Gasteiger charge is 2.31. The van der Waals surface area contributed by atoms with Gasteiger partial charge in [0.25, 0.3) is 0 Å². The first kappa shape index (κ1) is 24.0. The number of amidine groups is 1. The van der Waals surface area contributed by atoms with Gasteiger partial charge in [-0.1, -0.05) is 0 Å². The highest BCUT2D eigenvalue weighted by atomic mass is 16.7. The van der Waals surface area contributed by atoms with E-state index in [9.17, 15) is 14.7 Å². The van der Waals surface area contributed by atoms with Gasteiger partial charge in [-0.25, -0.2) is 25.0 Å². The molecule has 0 unspecified atom stereocenters. The van der Waals surface area contributed by atoms with Crippen LogP contribution in [-0.4, -0.2) is 72.9 Å². The van der Waals surface area contributed by atoms with Gasteiger partial charge in [-0.3, -0.25) is 10.3 Å². The largest absolute Gasteiger partial charge is 0.465 e. The monoisotopic (exact) mass is 480 g/mol. The Kier molecular flexibility index (Phi) is 6.82. The van der Waals surface area contributed by atoms with Crippen LogP contribution >= 0.6 is 0 Å². The summed E-state index contributed by atoms with van der Waals surface area (Å²) >= 11 is 0. The number of anilines is 2. The molecule has 4 rings (SSSR count). The van der Waals surface area contributed by atoms with Crippen molar-refractivity contribution in [2.75, 3.05) is 18.4 Å². The number of aromatic amines is 1. The summed E-state index contributed by atoms with van der Waals surface area (Å²) in [5, 5.41) is 19.8. The summed E-state index contributed by atoms with van der Waals surface area (Å²) in [4.78, 5) is 44.1. The third kappa shape index (κ3) is 5.66. The Labute approximate surface area is 201 Å². The Bertz CT molecular complexity index is 1260. The van der Waals surface area contributed by atoms with E-state index in [4.69, 9.17) is 10.2 Å². The molecule has 2 aromatic heterocycles. The first-order valence-corrected chi connectivity index (χ1v) is 11.2. The molecule has 0 saturated carbocycles. The van der Waals surface area contributed by atoms with Gasteiger partial charge in [-0.15, -0.1) is 0 Å². The molecule has 0 spiro atoms. The number of fused-ring (bicyclic) bond motifs is 1. The number of nitrogens with zero attached hydrogens (tertiary/aromatic N) is 4. The number of piperazine rings is 1. The molecular formula is C23H28N8O4. The number of carbonyl (C=O) groups excluding carboxylic acids is 1. The van der Waals surface area contributed by atoms with Gasteiger partial charge in [0.05, 0.1) is 16.6 Å². The number of aromatic nitrogens is 3. The SMILES string of the molecule is CC(=N)NOC(=O)c1ccc2nc(Nc3cc(CN4C[C@@H](C)N(C(=O)O)C[C@@H]4C)ccn3)[nH]c2c1. The maximum Gasteiger partial charge on any atom is 0.407 e. The van der Waals surface area contributed by atoms with E-state index in [1.165, 1.54) is 11.8 Å². The Morgan fingerprint density at radius 1 is 1.23 bits per heavy atom. The molecule has 2 atom stereocenters.